The maximum absolute atomic E-state index is 5.50. The second kappa shape index (κ2) is 4.13. The summed E-state index contributed by atoms with van der Waals surface area (Å²) >= 11 is 1.48. The van der Waals surface area contributed by atoms with Gasteiger partial charge in [0.2, 0.25) is 0 Å². The predicted molar refractivity (Wildman–Crippen MR) is 56.4 cm³/mol. The number of thioether (sulfide) groups is 1. The first-order valence-electron chi connectivity index (χ1n) is 3.75. The van der Waals surface area contributed by atoms with Crippen molar-refractivity contribution in [3.8, 4) is 0 Å². The lowest BCUT2D eigenvalue weighted by atomic mass is 10.4. The molecule has 0 aliphatic carbocycles. The molecule has 0 unspecified atom stereocenters. The van der Waals surface area contributed by atoms with E-state index in [0.717, 1.165) is 11.3 Å². The molecule has 0 saturated carbocycles. The molecule has 0 fully saturated rings. The standard InChI is InChI=1S/C8H12N4S/c1-5(2)4-13-8-11-6(9)3-7(10)12-8/h3H,1,4H2,2H3,(H4,9,10,11,12). The molecular weight excluding hydrogens is 184 g/mol. The summed E-state index contributed by atoms with van der Waals surface area (Å²) in [6, 6.07) is 1.53. The zero-order valence-corrected chi connectivity index (χ0v) is 8.27. The van der Waals surface area contributed by atoms with E-state index in [1.807, 2.05) is 6.92 Å². The van der Waals surface area contributed by atoms with Gasteiger partial charge >= 0.3 is 0 Å². The first-order chi connectivity index (χ1) is 6.08. The number of hydrogen-bond acceptors (Lipinski definition) is 5. The number of nitrogen functional groups attached to an aromatic ring is 2. The van der Waals surface area contributed by atoms with Gasteiger partial charge in [-0.25, -0.2) is 9.97 Å². The van der Waals surface area contributed by atoms with Crippen molar-refractivity contribution in [2.45, 2.75) is 12.1 Å². The molecule has 1 rings (SSSR count). The second-order valence-corrected chi connectivity index (χ2v) is 3.69. The van der Waals surface area contributed by atoms with Crippen LogP contribution in [0.25, 0.3) is 0 Å². The highest BCUT2D eigenvalue weighted by Crippen LogP contribution is 2.17. The van der Waals surface area contributed by atoms with Crippen molar-refractivity contribution in [3.05, 3.63) is 18.2 Å². The fourth-order valence-corrected chi connectivity index (χ4v) is 1.43. The average Bonchev–Trinajstić information content (AvgIpc) is 1.99. The Bertz CT molecular complexity index is 304. The van der Waals surface area contributed by atoms with Gasteiger partial charge in [0.25, 0.3) is 0 Å². The third kappa shape index (κ3) is 3.33. The van der Waals surface area contributed by atoms with Gasteiger partial charge in [-0.05, 0) is 6.92 Å². The number of nitrogens with two attached hydrogens (primary N) is 2. The zero-order chi connectivity index (χ0) is 9.84. The maximum Gasteiger partial charge on any atom is 0.191 e. The van der Waals surface area contributed by atoms with Crippen molar-refractivity contribution >= 4 is 23.4 Å². The lowest BCUT2D eigenvalue weighted by molar-refractivity contribution is 0.986. The Labute approximate surface area is 81.4 Å². The lowest BCUT2D eigenvalue weighted by Crippen LogP contribution is -1.99. The molecule has 0 saturated heterocycles. The minimum atomic E-state index is 0.400. The molecule has 0 aromatic carbocycles. The quantitative estimate of drug-likeness (QED) is 0.433. The van der Waals surface area contributed by atoms with Crippen LogP contribution in [0.3, 0.4) is 0 Å². The number of anilines is 2. The lowest BCUT2D eigenvalue weighted by Gasteiger charge is -2.01. The largest absolute Gasteiger partial charge is 0.383 e. The molecule has 0 aliphatic rings. The SMILES string of the molecule is C=C(C)CSc1nc(N)cc(N)n1. The molecule has 1 aromatic heterocycles. The molecular formula is C8H12N4S. The molecule has 70 valence electrons. The van der Waals surface area contributed by atoms with Crippen LogP contribution in [0.2, 0.25) is 0 Å². The van der Waals surface area contributed by atoms with Gasteiger partial charge in [-0.1, -0.05) is 23.9 Å². The summed E-state index contributed by atoms with van der Waals surface area (Å²) in [5, 5.41) is 0.598. The van der Waals surface area contributed by atoms with Gasteiger partial charge in [0.1, 0.15) is 11.6 Å². The van der Waals surface area contributed by atoms with Crippen LogP contribution in [0.15, 0.2) is 23.4 Å². The van der Waals surface area contributed by atoms with Crippen LogP contribution in [0.1, 0.15) is 6.92 Å². The number of hydrogen-bond donors (Lipinski definition) is 2. The average molecular weight is 196 g/mol. The molecule has 0 aliphatic heterocycles. The Morgan fingerprint density at radius 1 is 1.46 bits per heavy atom. The smallest absolute Gasteiger partial charge is 0.191 e. The topological polar surface area (TPSA) is 77.8 Å². The first kappa shape index (κ1) is 9.85. The van der Waals surface area contributed by atoms with E-state index in [9.17, 15) is 0 Å². The number of aromatic nitrogens is 2. The van der Waals surface area contributed by atoms with Crippen molar-refractivity contribution in [2.24, 2.45) is 0 Å². The summed E-state index contributed by atoms with van der Waals surface area (Å²) in [7, 11) is 0. The fraction of sp³-hybridized carbons (Fsp3) is 0.250. The van der Waals surface area contributed by atoms with Crippen LogP contribution >= 0.6 is 11.8 Å². The summed E-state index contributed by atoms with van der Waals surface area (Å²) in [6.45, 7) is 5.72. The number of nitrogens with zero attached hydrogens (tertiary/aromatic N) is 2. The van der Waals surface area contributed by atoms with E-state index in [0.29, 0.717) is 16.8 Å². The fourth-order valence-electron chi connectivity index (χ4n) is 0.714. The van der Waals surface area contributed by atoms with Gasteiger partial charge < -0.3 is 11.5 Å². The molecule has 4 N–H and O–H groups in total. The van der Waals surface area contributed by atoms with Crippen LogP contribution in [-0.2, 0) is 0 Å². The first-order valence-corrected chi connectivity index (χ1v) is 4.73. The van der Waals surface area contributed by atoms with Crippen molar-refractivity contribution in [1.82, 2.24) is 9.97 Å². The van der Waals surface area contributed by atoms with Crippen molar-refractivity contribution < 1.29 is 0 Å². The van der Waals surface area contributed by atoms with Crippen LogP contribution in [0, 0.1) is 0 Å². The minimum Gasteiger partial charge on any atom is -0.383 e. The summed E-state index contributed by atoms with van der Waals surface area (Å²) in [6.07, 6.45) is 0. The molecule has 0 spiro atoms. The molecule has 4 nitrogen and oxygen atoms in total. The monoisotopic (exact) mass is 196 g/mol. The van der Waals surface area contributed by atoms with Gasteiger partial charge in [-0.15, -0.1) is 0 Å². The van der Waals surface area contributed by atoms with Gasteiger partial charge in [-0.3, -0.25) is 0 Å². The maximum atomic E-state index is 5.50. The Hall–Kier alpha value is -1.23. The summed E-state index contributed by atoms with van der Waals surface area (Å²) in [5.41, 5.74) is 12.1. The van der Waals surface area contributed by atoms with Crippen LogP contribution in [0.5, 0.6) is 0 Å². The van der Waals surface area contributed by atoms with E-state index in [2.05, 4.69) is 16.5 Å². The summed E-state index contributed by atoms with van der Waals surface area (Å²) in [4.78, 5) is 8.03. The minimum absolute atomic E-state index is 0.400. The molecule has 0 amide bonds. The number of rotatable bonds is 3. The van der Waals surface area contributed by atoms with Crippen molar-refractivity contribution in [2.75, 3.05) is 17.2 Å². The highest BCUT2D eigenvalue weighted by atomic mass is 32.2. The molecule has 1 aromatic rings. The Morgan fingerprint density at radius 2 is 2.00 bits per heavy atom. The van der Waals surface area contributed by atoms with E-state index in [1.165, 1.54) is 17.8 Å². The van der Waals surface area contributed by atoms with Gasteiger partial charge in [0.05, 0.1) is 0 Å². The van der Waals surface area contributed by atoms with Gasteiger partial charge in [0, 0.05) is 11.8 Å². The Kier molecular flexibility index (Phi) is 3.13. The third-order valence-electron chi connectivity index (χ3n) is 1.19. The van der Waals surface area contributed by atoms with E-state index in [4.69, 9.17) is 11.5 Å². The van der Waals surface area contributed by atoms with E-state index >= 15 is 0 Å². The van der Waals surface area contributed by atoms with Crippen molar-refractivity contribution in [1.29, 1.82) is 0 Å². The Morgan fingerprint density at radius 3 is 2.46 bits per heavy atom. The molecule has 5 heteroatoms. The molecule has 13 heavy (non-hydrogen) atoms. The molecule has 0 radical (unpaired) electrons. The summed E-state index contributed by atoms with van der Waals surface area (Å²) in [5.74, 6) is 1.58. The highest BCUT2D eigenvalue weighted by Gasteiger charge is 2.00. The highest BCUT2D eigenvalue weighted by molar-refractivity contribution is 7.99. The van der Waals surface area contributed by atoms with Gasteiger partial charge in [-0.2, -0.15) is 0 Å². The van der Waals surface area contributed by atoms with Crippen LogP contribution < -0.4 is 11.5 Å². The second-order valence-electron chi connectivity index (χ2n) is 2.75. The third-order valence-corrected chi connectivity index (χ3v) is 2.27. The van der Waals surface area contributed by atoms with Crippen LogP contribution in [-0.4, -0.2) is 15.7 Å². The van der Waals surface area contributed by atoms with E-state index in [-0.39, 0.29) is 0 Å². The van der Waals surface area contributed by atoms with Gasteiger partial charge in [0.15, 0.2) is 5.16 Å². The molecule has 1 heterocycles. The van der Waals surface area contributed by atoms with E-state index < -0.39 is 0 Å². The Balaban J connectivity index is 2.71. The molecule has 0 bridgehead atoms. The molecule has 0 atom stereocenters. The predicted octanol–water partition coefficient (Wildman–Crippen LogP) is 1.31. The normalized spacial score (nSPS) is 9.92. The van der Waals surface area contributed by atoms with E-state index in [1.54, 1.807) is 0 Å². The summed E-state index contributed by atoms with van der Waals surface area (Å²) < 4.78 is 0. The van der Waals surface area contributed by atoms with Crippen LogP contribution in [0.4, 0.5) is 11.6 Å². The zero-order valence-electron chi connectivity index (χ0n) is 7.45. The van der Waals surface area contributed by atoms with Crippen molar-refractivity contribution in [3.63, 3.8) is 0 Å².